The van der Waals surface area contributed by atoms with E-state index in [-0.39, 0.29) is 28.4 Å². The number of carbonyl (C=O) groups excluding carboxylic acids is 2. The Kier molecular flexibility index (Phi) is 7.20. The van der Waals surface area contributed by atoms with E-state index in [1.807, 2.05) is 30.3 Å². The van der Waals surface area contributed by atoms with E-state index >= 15 is 0 Å². The third-order valence-corrected chi connectivity index (χ3v) is 7.24. The van der Waals surface area contributed by atoms with Gasteiger partial charge in [-0.1, -0.05) is 48.0 Å². The van der Waals surface area contributed by atoms with Crippen molar-refractivity contribution < 1.29 is 18.7 Å². The average Bonchev–Trinajstić information content (AvgIpc) is 3.59. The number of aromatic nitrogens is 2. The first-order valence-electron chi connectivity index (χ1n) is 11.9. The van der Waals surface area contributed by atoms with Gasteiger partial charge in [0.1, 0.15) is 5.82 Å². The van der Waals surface area contributed by atoms with Gasteiger partial charge in [0.05, 0.1) is 29.2 Å². The number of benzene rings is 2. The Labute approximate surface area is 213 Å². The van der Waals surface area contributed by atoms with Crippen LogP contribution in [0.2, 0.25) is 5.02 Å². The van der Waals surface area contributed by atoms with Gasteiger partial charge in [0, 0.05) is 32.7 Å². The van der Waals surface area contributed by atoms with Gasteiger partial charge in [0.15, 0.2) is 0 Å². The highest BCUT2D eigenvalue weighted by molar-refractivity contribution is 6.33. The lowest BCUT2D eigenvalue weighted by Crippen LogP contribution is -2.36. The van der Waals surface area contributed by atoms with Crippen molar-refractivity contribution in [1.82, 2.24) is 25.1 Å². The van der Waals surface area contributed by atoms with E-state index in [9.17, 15) is 14.0 Å². The minimum Gasteiger partial charge on any atom is -0.392 e. The first-order valence-corrected chi connectivity index (χ1v) is 12.3. The van der Waals surface area contributed by atoms with E-state index < -0.39 is 11.9 Å². The lowest BCUT2D eigenvalue weighted by Gasteiger charge is -2.24. The molecule has 36 heavy (non-hydrogen) atoms. The number of hydrogen-bond donors (Lipinski definition) is 2. The van der Waals surface area contributed by atoms with Crippen molar-refractivity contribution in [2.75, 3.05) is 32.7 Å². The lowest BCUT2D eigenvalue weighted by molar-refractivity contribution is 0.0769. The van der Waals surface area contributed by atoms with E-state index in [1.54, 1.807) is 11.0 Å². The standard InChI is InChI=1S/C26H27ClFN5O3/c27-20-7-4-8-21(28)24(20)25(34)33-14-18-12-32(13-19(18)15-33)10-9-22(17-5-2-1-3-6-17)31-26(35)36-23-11-29-16-30-23/h1-8,11,16,18-19,22H,9-10,12-15H2,(H,29,30)(H,31,35)/t18-,19?,22?/m0/s1. The summed E-state index contributed by atoms with van der Waals surface area (Å²) in [5.74, 6) is 0.00303. The fraction of sp³-hybridized carbons (Fsp3) is 0.346. The van der Waals surface area contributed by atoms with E-state index in [1.165, 1.54) is 24.7 Å². The van der Waals surface area contributed by atoms with Crippen molar-refractivity contribution in [3.63, 3.8) is 0 Å². The highest BCUT2D eigenvalue weighted by atomic mass is 35.5. The highest BCUT2D eigenvalue weighted by Gasteiger charge is 2.42. The molecule has 2 N–H and O–H groups in total. The molecule has 0 aliphatic carbocycles. The first kappa shape index (κ1) is 24.3. The molecule has 2 aromatic carbocycles. The van der Waals surface area contributed by atoms with Gasteiger partial charge in [-0.15, -0.1) is 0 Å². The molecule has 0 saturated carbocycles. The molecule has 0 bridgehead atoms. The van der Waals surface area contributed by atoms with Crippen LogP contribution < -0.4 is 10.1 Å². The number of fused-ring (bicyclic) bond motifs is 1. The van der Waals surface area contributed by atoms with Gasteiger partial charge in [0.25, 0.3) is 5.91 Å². The van der Waals surface area contributed by atoms with E-state index in [0.717, 1.165) is 25.2 Å². The molecule has 8 nitrogen and oxygen atoms in total. The van der Waals surface area contributed by atoms with Crippen molar-refractivity contribution in [3.05, 3.63) is 83.0 Å². The van der Waals surface area contributed by atoms with Gasteiger partial charge in [-0.3, -0.25) is 4.79 Å². The number of hydrogen-bond acceptors (Lipinski definition) is 5. The van der Waals surface area contributed by atoms with E-state index in [2.05, 4.69) is 20.2 Å². The maximum absolute atomic E-state index is 14.2. The molecule has 2 amide bonds. The molecule has 1 aromatic heterocycles. The topological polar surface area (TPSA) is 90.6 Å². The largest absolute Gasteiger partial charge is 0.414 e. The molecule has 2 aliphatic heterocycles. The van der Waals surface area contributed by atoms with Crippen LogP contribution in [-0.4, -0.2) is 64.5 Å². The molecular formula is C26H27ClFN5O3. The number of amides is 2. The zero-order chi connectivity index (χ0) is 25.1. The Hall–Kier alpha value is -3.43. The number of H-pyrrole nitrogens is 1. The molecular weight excluding hydrogens is 485 g/mol. The molecule has 3 aromatic rings. The molecule has 3 heterocycles. The summed E-state index contributed by atoms with van der Waals surface area (Å²) >= 11 is 6.10. The predicted molar refractivity (Wildman–Crippen MR) is 132 cm³/mol. The monoisotopic (exact) mass is 511 g/mol. The van der Waals surface area contributed by atoms with Gasteiger partial charge in [-0.2, -0.15) is 0 Å². The zero-order valence-electron chi connectivity index (χ0n) is 19.6. The van der Waals surface area contributed by atoms with Crippen LogP contribution in [0.5, 0.6) is 5.88 Å². The molecule has 188 valence electrons. The fourth-order valence-electron chi connectivity index (χ4n) is 5.19. The summed E-state index contributed by atoms with van der Waals surface area (Å²) in [6.45, 7) is 3.65. The Morgan fingerprint density at radius 2 is 1.86 bits per heavy atom. The number of imidazole rings is 1. The Morgan fingerprint density at radius 3 is 2.53 bits per heavy atom. The Bertz CT molecular complexity index is 1180. The quantitative estimate of drug-likeness (QED) is 0.498. The summed E-state index contributed by atoms with van der Waals surface area (Å²) in [5.41, 5.74) is 0.951. The van der Waals surface area contributed by atoms with Gasteiger partial charge in [-0.25, -0.2) is 14.2 Å². The molecule has 0 spiro atoms. The minimum atomic E-state index is -0.586. The third-order valence-electron chi connectivity index (χ3n) is 6.93. The summed E-state index contributed by atoms with van der Waals surface area (Å²) in [5, 5.41) is 3.10. The van der Waals surface area contributed by atoms with Crippen LogP contribution in [0.15, 0.2) is 61.1 Å². The molecule has 5 rings (SSSR count). The zero-order valence-corrected chi connectivity index (χ0v) is 20.3. The summed E-state index contributed by atoms with van der Waals surface area (Å²) in [6.07, 6.45) is 3.04. The molecule has 2 fully saturated rings. The maximum Gasteiger partial charge on any atom is 0.414 e. The Morgan fingerprint density at radius 1 is 1.11 bits per heavy atom. The smallest absolute Gasteiger partial charge is 0.392 e. The van der Waals surface area contributed by atoms with Gasteiger partial charge in [-0.05, 0) is 36.0 Å². The first-order chi connectivity index (χ1) is 17.5. The number of nitrogens with one attached hydrogen (secondary N) is 2. The van der Waals surface area contributed by atoms with E-state index in [4.69, 9.17) is 16.3 Å². The molecule has 2 saturated heterocycles. The highest BCUT2D eigenvalue weighted by Crippen LogP contribution is 2.33. The summed E-state index contributed by atoms with van der Waals surface area (Å²) in [4.78, 5) is 36.1. The number of likely N-dealkylation sites (tertiary alicyclic amines) is 2. The summed E-state index contributed by atoms with van der Waals surface area (Å²) in [6, 6.07) is 13.9. The van der Waals surface area contributed by atoms with Crippen LogP contribution in [0.1, 0.15) is 28.4 Å². The van der Waals surface area contributed by atoms with Crippen LogP contribution in [0.3, 0.4) is 0 Å². The second kappa shape index (κ2) is 10.7. The van der Waals surface area contributed by atoms with Crippen molar-refractivity contribution in [1.29, 1.82) is 0 Å². The summed E-state index contributed by atoms with van der Waals surface area (Å²) in [7, 11) is 0. The molecule has 2 aliphatic rings. The second-order valence-electron chi connectivity index (χ2n) is 9.29. The Balaban J connectivity index is 1.16. The third kappa shape index (κ3) is 5.37. The number of ether oxygens (including phenoxy) is 1. The minimum absolute atomic E-state index is 0.0465. The van der Waals surface area contributed by atoms with Gasteiger partial charge in [0.2, 0.25) is 5.88 Å². The SMILES string of the molecule is O=C(NC(CCN1CC2CN(C(=O)c3c(F)cccc3Cl)C[C@@H]2C1)c1ccccc1)Oc1cnc[nH]1. The second-order valence-corrected chi connectivity index (χ2v) is 9.70. The maximum atomic E-state index is 14.2. The number of aromatic amines is 1. The lowest BCUT2D eigenvalue weighted by atomic mass is 10.0. The van der Waals surface area contributed by atoms with Gasteiger partial charge < -0.3 is 24.8 Å². The molecule has 0 radical (unpaired) electrons. The van der Waals surface area contributed by atoms with Crippen LogP contribution in [0, 0.1) is 17.7 Å². The number of nitrogens with zero attached hydrogens (tertiary/aromatic N) is 3. The number of halogens is 2. The van der Waals surface area contributed by atoms with Crippen LogP contribution in [0.4, 0.5) is 9.18 Å². The molecule has 10 heteroatoms. The van der Waals surface area contributed by atoms with Gasteiger partial charge >= 0.3 is 6.09 Å². The molecule has 3 atom stereocenters. The van der Waals surface area contributed by atoms with Crippen molar-refractivity contribution >= 4 is 23.6 Å². The van der Waals surface area contributed by atoms with Crippen LogP contribution >= 0.6 is 11.6 Å². The van der Waals surface area contributed by atoms with Crippen molar-refractivity contribution in [2.24, 2.45) is 11.8 Å². The van der Waals surface area contributed by atoms with Crippen molar-refractivity contribution in [3.8, 4) is 5.88 Å². The summed E-state index contributed by atoms with van der Waals surface area (Å²) < 4.78 is 19.5. The average molecular weight is 512 g/mol. The fourth-order valence-corrected chi connectivity index (χ4v) is 5.43. The molecule has 2 unspecified atom stereocenters. The van der Waals surface area contributed by atoms with Crippen LogP contribution in [-0.2, 0) is 0 Å². The predicted octanol–water partition coefficient (Wildman–Crippen LogP) is 4.13. The number of rotatable bonds is 7. The normalized spacial score (nSPS) is 20.2. The van der Waals surface area contributed by atoms with Crippen LogP contribution in [0.25, 0.3) is 0 Å². The number of carbonyl (C=O) groups is 2. The van der Waals surface area contributed by atoms with Crippen molar-refractivity contribution in [2.45, 2.75) is 12.5 Å². The van der Waals surface area contributed by atoms with E-state index in [0.29, 0.717) is 31.3 Å².